The van der Waals surface area contributed by atoms with Gasteiger partial charge in [-0.1, -0.05) is 6.92 Å². The number of piperidine rings is 1. The number of rotatable bonds is 4. The third kappa shape index (κ3) is 4.72. The lowest BCUT2D eigenvalue weighted by Crippen LogP contribution is -2.46. The van der Waals surface area contributed by atoms with E-state index in [9.17, 15) is 22.8 Å². The van der Waals surface area contributed by atoms with Crippen LogP contribution >= 0.6 is 0 Å². The van der Waals surface area contributed by atoms with Crippen molar-refractivity contribution in [2.45, 2.75) is 44.8 Å². The van der Waals surface area contributed by atoms with Crippen molar-refractivity contribution in [3.05, 3.63) is 35.4 Å². The van der Waals surface area contributed by atoms with E-state index in [2.05, 4.69) is 5.32 Å². The third-order valence-corrected chi connectivity index (χ3v) is 4.08. The molecule has 2 rings (SSSR count). The number of hydrogen-bond acceptors (Lipinski definition) is 2. The molecule has 0 unspecified atom stereocenters. The van der Waals surface area contributed by atoms with Crippen LogP contribution in [0, 0.1) is 0 Å². The Morgan fingerprint density at radius 3 is 2.25 bits per heavy atom. The Balaban J connectivity index is 1.89. The molecule has 0 aromatic heterocycles. The van der Waals surface area contributed by atoms with Gasteiger partial charge in [0.1, 0.15) is 0 Å². The Morgan fingerprint density at radius 2 is 1.75 bits per heavy atom. The first-order valence-corrected chi connectivity index (χ1v) is 8.07. The smallest absolute Gasteiger partial charge is 0.353 e. The fourth-order valence-electron chi connectivity index (χ4n) is 2.74. The number of hydrogen-bond donors (Lipinski definition) is 1. The number of carbonyl (C=O) groups is 2. The predicted molar refractivity (Wildman–Crippen MR) is 83.4 cm³/mol. The van der Waals surface area contributed by atoms with Crippen LogP contribution in [0.4, 0.5) is 13.2 Å². The van der Waals surface area contributed by atoms with Crippen molar-refractivity contribution in [3.63, 3.8) is 0 Å². The van der Waals surface area contributed by atoms with Gasteiger partial charge in [0.05, 0.1) is 5.56 Å². The zero-order valence-corrected chi connectivity index (χ0v) is 13.5. The first-order valence-electron chi connectivity index (χ1n) is 8.07. The average Bonchev–Trinajstić information content (AvgIpc) is 2.54. The molecular weight excluding hydrogens is 321 g/mol. The predicted octanol–water partition coefficient (Wildman–Crippen LogP) is 3.23. The fraction of sp³-hybridized carbons (Fsp3) is 0.529. The van der Waals surface area contributed by atoms with E-state index in [4.69, 9.17) is 0 Å². The summed E-state index contributed by atoms with van der Waals surface area (Å²) in [7, 11) is 0. The summed E-state index contributed by atoms with van der Waals surface area (Å²) in [5.41, 5.74) is -0.520. The maximum absolute atomic E-state index is 12.5. The topological polar surface area (TPSA) is 49.4 Å². The van der Waals surface area contributed by atoms with Crippen LogP contribution in [0.15, 0.2) is 24.3 Å². The molecule has 0 atom stereocenters. The van der Waals surface area contributed by atoms with Crippen molar-refractivity contribution in [2.24, 2.45) is 0 Å². The molecule has 1 heterocycles. The third-order valence-electron chi connectivity index (χ3n) is 4.08. The summed E-state index contributed by atoms with van der Waals surface area (Å²) in [6.45, 7) is 2.90. The van der Waals surface area contributed by atoms with Gasteiger partial charge in [-0.3, -0.25) is 9.59 Å². The molecule has 1 fully saturated rings. The molecule has 24 heavy (non-hydrogen) atoms. The summed E-state index contributed by atoms with van der Waals surface area (Å²) in [6, 6.07) is 4.32. The molecule has 2 amide bonds. The first kappa shape index (κ1) is 18.3. The molecule has 0 bridgehead atoms. The van der Waals surface area contributed by atoms with Gasteiger partial charge in [0.2, 0.25) is 5.91 Å². The van der Waals surface area contributed by atoms with Crippen LogP contribution in [0.2, 0.25) is 0 Å². The number of nitrogens with zero attached hydrogens (tertiary/aromatic N) is 1. The van der Waals surface area contributed by atoms with E-state index < -0.39 is 11.7 Å². The van der Waals surface area contributed by atoms with Gasteiger partial charge in [0, 0.05) is 31.1 Å². The van der Waals surface area contributed by atoms with E-state index in [1.54, 1.807) is 4.90 Å². The summed E-state index contributed by atoms with van der Waals surface area (Å²) in [5.74, 6) is -0.257. The zero-order valence-electron chi connectivity index (χ0n) is 13.5. The SMILES string of the molecule is CCCC(=O)NC1CCN(C(=O)c2ccc(C(F)(F)F)cc2)CC1. The van der Waals surface area contributed by atoms with Gasteiger partial charge in [0.15, 0.2) is 0 Å². The molecular formula is C17H21F3N2O2. The van der Waals surface area contributed by atoms with Crippen LogP contribution in [0.3, 0.4) is 0 Å². The molecule has 1 aromatic rings. The number of nitrogens with one attached hydrogen (secondary N) is 1. The average molecular weight is 342 g/mol. The fourth-order valence-corrected chi connectivity index (χ4v) is 2.74. The summed E-state index contributed by atoms with van der Waals surface area (Å²) < 4.78 is 37.6. The van der Waals surface area contributed by atoms with Crippen molar-refractivity contribution in [1.82, 2.24) is 10.2 Å². The molecule has 1 aliphatic heterocycles. The highest BCUT2D eigenvalue weighted by molar-refractivity contribution is 5.94. The van der Waals surface area contributed by atoms with Crippen LogP contribution in [-0.4, -0.2) is 35.8 Å². The van der Waals surface area contributed by atoms with Crippen molar-refractivity contribution in [2.75, 3.05) is 13.1 Å². The van der Waals surface area contributed by atoms with Gasteiger partial charge in [-0.25, -0.2) is 0 Å². The van der Waals surface area contributed by atoms with E-state index in [0.717, 1.165) is 18.6 Å². The standard InChI is InChI=1S/C17H21F3N2O2/c1-2-3-15(23)21-14-8-10-22(11-9-14)16(24)12-4-6-13(7-5-12)17(18,19)20/h4-7,14H,2-3,8-11H2,1H3,(H,21,23). The Kier molecular flexibility index (Phi) is 5.85. The molecule has 0 aliphatic carbocycles. The minimum absolute atomic E-state index is 0.0185. The Labute approximate surface area is 139 Å². The first-order chi connectivity index (χ1) is 11.3. The lowest BCUT2D eigenvalue weighted by molar-refractivity contribution is -0.137. The quantitative estimate of drug-likeness (QED) is 0.913. The second-order valence-corrected chi connectivity index (χ2v) is 5.96. The molecule has 132 valence electrons. The highest BCUT2D eigenvalue weighted by Crippen LogP contribution is 2.29. The largest absolute Gasteiger partial charge is 0.416 e. The van der Waals surface area contributed by atoms with Gasteiger partial charge >= 0.3 is 6.18 Å². The Hall–Kier alpha value is -2.05. The van der Waals surface area contributed by atoms with Gasteiger partial charge in [-0.05, 0) is 43.5 Å². The summed E-state index contributed by atoms with van der Waals surface area (Å²) >= 11 is 0. The molecule has 7 heteroatoms. The monoisotopic (exact) mass is 342 g/mol. The van der Waals surface area contributed by atoms with E-state index >= 15 is 0 Å². The second kappa shape index (κ2) is 7.68. The van der Waals surface area contributed by atoms with Crippen LogP contribution in [0.5, 0.6) is 0 Å². The van der Waals surface area contributed by atoms with Crippen LogP contribution in [-0.2, 0) is 11.0 Å². The normalized spacial score (nSPS) is 16.1. The van der Waals surface area contributed by atoms with Crippen molar-refractivity contribution >= 4 is 11.8 Å². The Bertz CT molecular complexity index is 576. The molecule has 1 aromatic carbocycles. The van der Waals surface area contributed by atoms with Gasteiger partial charge in [-0.2, -0.15) is 13.2 Å². The van der Waals surface area contributed by atoms with Crippen molar-refractivity contribution in [3.8, 4) is 0 Å². The van der Waals surface area contributed by atoms with Gasteiger partial charge < -0.3 is 10.2 Å². The van der Waals surface area contributed by atoms with E-state index in [1.807, 2.05) is 6.92 Å². The minimum atomic E-state index is -4.41. The van der Waals surface area contributed by atoms with Crippen molar-refractivity contribution < 1.29 is 22.8 Å². The maximum Gasteiger partial charge on any atom is 0.416 e. The number of carbonyl (C=O) groups excluding carboxylic acids is 2. The number of benzene rings is 1. The lowest BCUT2D eigenvalue weighted by Gasteiger charge is -2.32. The summed E-state index contributed by atoms with van der Waals surface area (Å²) in [4.78, 5) is 25.5. The molecule has 1 saturated heterocycles. The summed E-state index contributed by atoms with van der Waals surface area (Å²) in [5, 5.41) is 2.94. The highest BCUT2D eigenvalue weighted by Gasteiger charge is 2.31. The Morgan fingerprint density at radius 1 is 1.17 bits per heavy atom. The van der Waals surface area contributed by atoms with E-state index in [0.29, 0.717) is 32.4 Å². The molecule has 4 nitrogen and oxygen atoms in total. The number of likely N-dealkylation sites (tertiary alicyclic amines) is 1. The zero-order chi connectivity index (χ0) is 17.7. The highest BCUT2D eigenvalue weighted by atomic mass is 19.4. The van der Waals surface area contributed by atoms with Crippen LogP contribution in [0.25, 0.3) is 0 Å². The van der Waals surface area contributed by atoms with Gasteiger partial charge in [-0.15, -0.1) is 0 Å². The minimum Gasteiger partial charge on any atom is -0.353 e. The lowest BCUT2D eigenvalue weighted by atomic mass is 10.0. The molecule has 0 saturated carbocycles. The number of halogens is 3. The van der Waals surface area contributed by atoms with Crippen molar-refractivity contribution in [1.29, 1.82) is 0 Å². The number of amides is 2. The second-order valence-electron chi connectivity index (χ2n) is 5.96. The van der Waals surface area contributed by atoms with Crippen LogP contribution < -0.4 is 5.32 Å². The van der Waals surface area contributed by atoms with E-state index in [-0.39, 0.29) is 23.4 Å². The van der Waals surface area contributed by atoms with Gasteiger partial charge in [0.25, 0.3) is 5.91 Å². The number of alkyl halides is 3. The van der Waals surface area contributed by atoms with E-state index in [1.165, 1.54) is 12.1 Å². The van der Waals surface area contributed by atoms with Crippen LogP contribution in [0.1, 0.15) is 48.5 Å². The summed E-state index contributed by atoms with van der Waals surface area (Å²) in [6.07, 6.45) is -1.82. The molecule has 0 spiro atoms. The molecule has 1 aliphatic rings. The maximum atomic E-state index is 12.5. The molecule has 1 N–H and O–H groups in total. The molecule has 0 radical (unpaired) electrons.